The van der Waals surface area contributed by atoms with Gasteiger partial charge in [0.05, 0.1) is 18.9 Å². The molecule has 0 bridgehead atoms. The molecule has 0 amide bonds. The summed E-state index contributed by atoms with van der Waals surface area (Å²) in [6.07, 6.45) is 2.24. The quantitative estimate of drug-likeness (QED) is 0.792. The molecule has 1 aromatic heterocycles. The van der Waals surface area contributed by atoms with E-state index in [-0.39, 0.29) is 30.6 Å². The van der Waals surface area contributed by atoms with Gasteiger partial charge in [-0.25, -0.2) is 8.42 Å². The van der Waals surface area contributed by atoms with Crippen molar-refractivity contribution in [1.29, 1.82) is 0 Å². The van der Waals surface area contributed by atoms with E-state index in [1.54, 1.807) is 6.92 Å². The van der Waals surface area contributed by atoms with E-state index in [0.717, 1.165) is 4.68 Å². The molecule has 2 heterocycles. The van der Waals surface area contributed by atoms with E-state index in [0.29, 0.717) is 6.61 Å². The lowest BCUT2D eigenvalue weighted by Crippen LogP contribution is -2.44. The van der Waals surface area contributed by atoms with Gasteiger partial charge in [0.1, 0.15) is 11.4 Å². The maximum Gasteiger partial charge on any atom is 0.325 e. The first-order chi connectivity index (χ1) is 8.89. The van der Waals surface area contributed by atoms with Gasteiger partial charge in [0.25, 0.3) is 0 Å². The van der Waals surface area contributed by atoms with E-state index in [4.69, 9.17) is 9.84 Å². The lowest BCUT2D eigenvalue weighted by atomic mass is 10.3. The normalized spacial score (nSPS) is 21.4. The number of sulfonamides is 1. The van der Waals surface area contributed by atoms with Crippen molar-refractivity contribution < 1.29 is 23.1 Å². The minimum atomic E-state index is -3.63. The monoisotopic (exact) mass is 289 g/mol. The summed E-state index contributed by atoms with van der Waals surface area (Å²) in [6, 6.07) is 0. The lowest BCUT2D eigenvalue weighted by molar-refractivity contribution is -0.137. The molecule has 0 spiro atoms. The second kappa shape index (κ2) is 5.27. The molecule has 1 saturated heterocycles. The summed E-state index contributed by atoms with van der Waals surface area (Å²) in [4.78, 5) is 10.5. The average molecular weight is 289 g/mol. The SMILES string of the molecule is CC1CN(S(=O)(=O)c2cnn(CC(=O)O)c2)CCO1. The van der Waals surface area contributed by atoms with Crippen molar-refractivity contribution in [3.8, 4) is 0 Å². The highest BCUT2D eigenvalue weighted by atomic mass is 32.2. The summed E-state index contributed by atoms with van der Waals surface area (Å²) in [7, 11) is -3.63. The Morgan fingerprint density at radius 3 is 3.00 bits per heavy atom. The van der Waals surface area contributed by atoms with E-state index in [1.165, 1.54) is 16.7 Å². The number of carboxylic acid groups (broad SMARTS) is 1. The van der Waals surface area contributed by atoms with Crippen LogP contribution in [0.2, 0.25) is 0 Å². The van der Waals surface area contributed by atoms with Crippen LogP contribution in [-0.4, -0.2) is 59.4 Å². The third-order valence-electron chi connectivity index (χ3n) is 2.75. The van der Waals surface area contributed by atoms with Crippen LogP contribution < -0.4 is 0 Å². The van der Waals surface area contributed by atoms with Crippen LogP contribution in [0, 0.1) is 0 Å². The Morgan fingerprint density at radius 2 is 2.37 bits per heavy atom. The summed E-state index contributed by atoms with van der Waals surface area (Å²) in [6.45, 7) is 2.36. The number of morpholine rings is 1. The largest absolute Gasteiger partial charge is 0.480 e. The minimum Gasteiger partial charge on any atom is -0.480 e. The molecule has 1 atom stereocenters. The predicted molar refractivity (Wildman–Crippen MR) is 64.0 cm³/mol. The molecule has 19 heavy (non-hydrogen) atoms. The van der Waals surface area contributed by atoms with Gasteiger partial charge in [0.15, 0.2) is 0 Å². The smallest absolute Gasteiger partial charge is 0.325 e. The summed E-state index contributed by atoms with van der Waals surface area (Å²) < 4.78 is 32.3. The maximum absolute atomic E-state index is 12.3. The molecule has 0 radical (unpaired) electrons. The van der Waals surface area contributed by atoms with Crippen molar-refractivity contribution in [2.45, 2.75) is 24.5 Å². The second-order valence-electron chi connectivity index (χ2n) is 4.31. The molecule has 2 rings (SSSR count). The number of aliphatic carboxylic acids is 1. The molecule has 1 aromatic rings. The fourth-order valence-electron chi connectivity index (χ4n) is 1.86. The number of rotatable bonds is 4. The van der Waals surface area contributed by atoms with E-state index in [1.807, 2.05) is 0 Å². The molecule has 8 nitrogen and oxygen atoms in total. The molecule has 1 aliphatic rings. The van der Waals surface area contributed by atoms with Gasteiger partial charge in [0.2, 0.25) is 10.0 Å². The summed E-state index contributed by atoms with van der Waals surface area (Å²) in [5.74, 6) is -1.08. The molecule has 1 unspecified atom stereocenters. The first kappa shape index (κ1) is 14.0. The van der Waals surface area contributed by atoms with Crippen LogP contribution in [0.15, 0.2) is 17.3 Å². The van der Waals surface area contributed by atoms with Crippen molar-refractivity contribution in [2.75, 3.05) is 19.7 Å². The molecule has 1 N–H and O–H groups in total. The predicted octanol–water partition coefficient (Wildman–Crippen LogP) is -0.623. The standard InChI is InChI=1S/C10H15N3O5S/c1-8-5-13(2-3-18-8)19(16,17)9-4-11-12(6-9)7-10(14)15/h4,6,8H,2-3,5,7H2,1H3,(H,14,15). The average Bonchev–Trinajstić information content (AvgIpc) is 2.77. The van der Waals surface area contributed by atoms with Crippen LogP contribution in [0.1, 0.15) is 6.92 Å². The van der Waals surface area contributed by atoms with Gasteiger partial charge < -0.3 is 9.84 Å². The lowest BCUT2D eigenvalue weighted by Gasteiger charge is -2.29. The Morgan fingerprint density at radius 1 is 1.63 bits per heavy atom. The van der Waals surface area contributed by atoms with Crippen LogP contribution >= 0.6 is 0 Å². The van der Waals surface area contributed by atoms with Gasteiger partial charge in [-0.1, -0.05) is 0 Å². The summed E-state index contributed by atoms with van der Waals surface area (Å²) >= 11 is 0. The Labute approximate surface area is 110 Å². The number of carbonyl (C=O) groups is 1. The Balaban J connectivity index is 2.19. The fourth-order valence-corrected chi connectivity index (χ4v) is 3.31. The summed E-state index contributed by atoms with van der Waals surface area (Å²) in [5.41, 5.74) is 0. The van der Waals surface area contributed by atoms with Gasteiger partial charge in [0, 0.05) is 19.3 Å². The van der Waals surface area contributed by atoms with Gasteiger partial charge in [-0.15, -0.1) is 0 Å². The number of nitrogens with zero attached hydrogens (tertiary/aromatic N) is 3. The number of hydrogen-bond donors (Lipinski definition) is 1. The van der Waals surface area contributed by atoms with Gasteiger partial charge in [-0.2, -0.15) is 9.40 Å². The van der Waals surface area contributed by atoms with Gasteiger partial charge >= 0.3 is 5.97 Å². The van der Waals surface area contributed by atoms with Gasteiger partial charge in [-0.3, -0.25) is 9.48 Å². The van der Waals surface area contributed by atoms with Crippen molar-refractivity contribution in [3.05, 3.63) is 12.4 Å². The van der Waals surface area contributed by atoms with Gasteiger partial charge in [-0.05, 0) is 6.92 Å². The zero-order valence-electron chi connectivity index (χ0n) is 10.4. The van der Waals surface area contributed by atoms with Crippen LogP contribution in [0.4, 0.5) is 0 Å². The Hall–Kier alpha value is -1.45. The molecule has 0 aromatic carbocycles. The maximum atomic E-state index is 12.3. The fraction of sp³-hybridized carbons (Fsp3) is 0.600. The molecule has 0 saturated carbocycles. The zero-order valence-corrected chi connectivity index (χ0v) is 11.2. The van der Waals surface area contributed by atoms with Crippen LogP contribution in [0.5, 0.6) is 0 Å². The highest BCUT2D eigenvalue weighted by Crippen LogP contribution is 2.18. The first-order valence-corrected chi connectivity index (χ1v) is 7.19. The van der Waals surface area contributed by atoms with Crippen LogP contribution in [0.25, 0.3) is 0 Å². The molecule has 106 valence electrons. The highest BCUT2D eigenvalue weighted by molar-refractivity contribution is 7.89. The van der Waals surface area contributed by atoms with E-state index in [9.17, 15) is 13.2 Å². The van der Waals surface area contributed by atoms with Crippen molar-refractivity contribution in [2.24, 2.45) is 0 Å². The molecule has 1 fully saturated rings. The third kappa shape index (κ3) is 3.11. The third-order valence-corrected chi connectivity index (χ3v) is 4.57. The zero-order chi connectivity index (χ0) is 14.0. The summed E-state index contributed by atoms with van der Waals surface area (Å²) in [5, 5.41) is 12.4. The van der Waals surface area contributed by atoms with Crippen LogP contribution in [0.3, 0.4) is 0 Å². The van der Waals surface area contributed by atoms with E-state index < -0.39 is 16.0 Å². The highest BCUT2D eigenvalue weighted by Gasteiger charge is 2.30. The molecule has 9 heteroatoms. The Bertz CT molecular complexity index is 567. The second-order valence-corrected chi connectivity index (χ2v) is 6.25. The molecule has 0 aliphatic carbocycles. The van der Waals surface area contributed by atoms with Crippen molar-refractivity contribution >= 4 is 16.0 Å². The molecular formula is C10H15N3O5S. The first-order valence-electron chi connectivity index (χ1n) is 5.75. The topological polar surface area (TPSA) is 102 Å². The van der Waals surface area contributed by atoms with Crippen molar-refractivity contribution in [1.82, 2.24) is 14.1 Å². The Kier molecular flexibility index (Phi) is 3.88. The van der Waals surface area contributed by atoms with E-state index in [2.05, 4.69) is 5.10 Å². The minimum absolute atomic E-state index is 0.00264. The number of ether oxygens (including phenoxy) is 1. The molecular weight excluding hydrogens is 274 g/mol. The number of carboxylic acids is 1. The van der Waals surface area contributed by atoms with Crippen LogP contribution in [-0.2, 0) is 26.1 Å². The molecule has 1 aliphatic heterocycles. The number of hydrogen-bond acceptors (Lipinski definition) is 5. The number of aromatic nitrogens is 2. The van der Waals surface area contributed by atoms with E-state index >= 15 is 0 Å². The van der Waals surface area contributed by atoms with Crippen molar-refractivity contribution in [3.63, 3.8) is 0 Å².